The molecule has 0 saturated carbocycles. The summed E-state index contributed by atoms with van der Waals surface area (Å²) in [5.41, 5.74) is 8.06. The van der Waals surface area contributed by atoms with E-state index in [1.807, 2.05) is 12.1 Å². The van der Waals surface area contributed by atoms with E-state index < -0.39 is 0 Å². The Morgan fingerprint density at radius 3 is 3.00 bits per heavy atom. The number of hydrogen-bond donors (Lipinski definition) is 3. The van der Waals surface area contributed by atoms with Gasteiger partial charge >= 0.3 is 0 Å². The van der Waals surface area contributed by atoms with E-state index in [2.05, 4.69) is 5.32 Å². The van der Waals surface area contributed by atoms with Crippen LogP contribution in [-0.2, 0) is 4.74 Å². The maximum atomic E-state index is 7.34. The van der Waals surface area contributed by atoms with Gasteiger partial charge in [-0.25, -0.2) is 0 Å². The van der Waals surface area contributed by atoms with Crippen molar-refractivity contribution in [3.8, 4) is 0 Å². The molecule has 0 amide bonds. The summed E-state index contributed by atoms with van der Waals surface area (Å²) in [6.07, 6.45) is 4.71. The summed E-state index contributed by atoms with van der Waals surface area (Å²) < 4.78 is 5.59. The molecule has 4 heteroatoms. The van der Waals surface area contributed by atoms with Crippen molar-refractivity contribution in [1.29, 1.82) is 5.41 Å². The van der Waals surface area contributed by atoms with Crippen LogP contribution < -0.4 is 11.1 Å². The van der Waals surface area contributed by atoms with E-state index in [0.717, 1.165) is 30.7 Å². The van der Waals surface area contributed by atoms with Gasteiger partial charge in [0, 0.05) is 29.8 Å². The first-order valence-corrected chi connectivity index (χ1v) is 5.58. The highest BCUT2D eigenvalue weighted by molar-refractivity contribution is 5.87. The van der Waals surface area contributed by atoms with Gasteiger partial charge in [0.25, 0.3) is 0 Å². The van der Waals surface area contributed by atoms with E-state index >= 15 is 0 Å². The molecule has 1 aromatic carbocycles. The van der Waals surface area contributed by atoms with Crippen molar-refractivity contribution in [2.24, 2.45) is 0 Å². The van der Waals surface area contributed by atoms with E-state index in [4.69, 9.17) is 15.9 Å². The lowest BCUT2D eigenvalue weighted by Gasteiger charge is -2.25. The third-order valence-electron chi connectivity index (χ3n) is 2.73. The van der Waals surface area contributed by atoms with Gasteiger partial charge < -0.3 is 21.2 Å². The Morgan fingerprint density at radius 2 is 2.31 bits per heavy atom. The number of anilines is 2. The van der Waals surface area contributed by atoms with Gasteiger partial charge in [-0.05, 0) is 37.5 Å². The summed E-state index contributed by atoms with van der Waals surface area (Å²) in [5, 5.41) is 10.6. The van der Waals surface area contributed by atoms with Crippen LogP contribution in [0.15, 0.2) is 18.2 Å². The quantitative estimate of drug-likeness (QED) is 0.539. The van der Waals surface area contributed by atoms with E-state index in [-0.39, 0.29) is 6.23 Å². The van der Waals surface area contributed by atoms with Crippen LogP contribution in [0.5, 0.6) is 0 Å². The zero-order chi connectivity index (χ0) is 11.4. The van der Waals surface area contributed by atoms with Gasteiger partial charge in [-0.15, -0.1) is 0 Å². The molecule has 4 nitrogen and oxygen atoms in total. The van der Waals surface area contributed by atoms with Gasteiger partial charge in [-0.3, -0.25) is 0 Å². The molecule has 1 aliphatic heterocycles. The van der Waals surface area contributed by atoms with Crippen LogP contribution in [0.3, 0.4) is 0 Å². The Labute approximate surface area is 95.3 Å². The third kappa shape index (κ3) is 2.52. The first-order valence-electron chi connectivity index (χ1n) is 5.58. The molecule has 0 aliphatic carbocycles. The highest BCUT2D eigenvalue weighted by Gasteiger charge is 2.14. The largest absolute Gasteiger partial charge is 0.399 e. The van der Waals surface area contributed by atoms with Gasteiger partial charge in [0.1, 0.15) is 6.23 Å². The molecule has 1 fully saturated rings. The van der Waals surface area contributed by atoms with E-state index in [9.17, 15) is 0 Å². The summed E-state index contributed by atoms with van der Waals surface area (Å²) in [7, 11) is 0. The summed E-state index contributed by atoms with van der Waals surface area (Å²) in [6, 6.07) is 5.52. The molecule has 4 N–H and O–H groups in total. The van der Waals surface area contributed by atoms with Gasteiger partial charge in [0.2, 0.25) is 0 Å². The number of rotatable bonds is 3. The predicted molar refractivity (Wildman–Crippen MR) is 66.0 cm³/mol. The topological polar surface area (TPSA) is 71.1 Å². The van der Waals surface area contributed by atoms with Crippen molar-refractivity contribution >= 4 is 17.6 Å². The second-order valence-electron chi connectivity index (χ2n) is 3.99. The van der Waals surface area contributed by atoms with Crippen molar-refractivity contribution in [3.63, 3.8) is 0 Å². The number of nitrogens with one attached hydrogen (secondary N) is 2. The fourth-order valence-corrected chi connectivity index (χ4v) is 1.86. The van der Waals surface area contributed by atoms with Gasteiger partial charge in [0.15, 0.2) is 0 Å². The van der Waals surface area contributed by atoms with Crippen LogP contribution in [0, 0.1) is 5.41 Å². The zero-order valence-corrected chi connectivity index (χ0v) is 9.20. The monoisotopic (exact) mass is 219 g/mol. The molecule has 1 heterocycles. The second-order valence-corrected chi connectivity index (χ2v) is 3.99. The van der Waals surface area contributed by atoms with E-state index in [1.54, 1.807) is 6.07 Å². The molecule has 0 bridgehead atoms. The molecule has 1 atom stereocenters. The average Bonchev–Trinajstić information content (AvgIpc) is 2.33. The van der Waals surface area contributed by atoms with Crippen LogP contribution in [-0.4, -0.2) is 19.0 Å². The number of hydrogen-bond acceptors (Lipinski definition) is 4. The second kappa shape index (κ2) is 4.99. The van der Waals surface area contributed by atoms with Crippen molar-refractivity contribution in [3.05, 3.63) is 23.8 Å². The number of nitrogens with two attached hydrogens (primary N) is 1. The standard InChI is InChI=1S/C12H17N3O/c13-8-9-7-10(14)4-5-11(9)15-12-3-1-2-6-16-12/h4-5,7-8,12-13,15H,1-3,6,14H2. The van der Waals surface area contributed by atoms with E-state index in [1.165, 1.54) is 12.6 Å². The van der Waals surface area contributed by atoms with Crippen LogP contribution in [0.25, 0.3) is 0 Å². The SMILES string of the molecule is N=Cc1cc(N)ccc1NC1CCCCO1. The maximum absolute atomic E-state index is 7.34. The van der Waals surface area contributed by atoms with Gasteiger partial charge in [-0.1, -0.05) is 0 Å². The fraction of sp³-hybridized carbons (Fsp3) is 0.417. The minimum Gasteiger partial charge on any atom is -0.399 e. The van der Waals surface area contributed by atoms with Crippen LogP contribution >= 0.6 is 0 Å². The molecule has 1 aliphatic rings. The molecular formula is C12H17N3O. The molecule has 0 radical (unpaired) electrons. The Morgan fingerprint density at radius 1 is 1.44 bits per heavy atom. The Kier molecular flexibility index (Phi) is 3.41. The molecule has 16 heavy (non-hydrogen) atoms. The Hall–Kier alpha value is -1.55. The minimum absolute atomic E-state index is 0.0658. The first-order chi connectivity index (χ1) is 7.79. The number of nitrogen functional groups attached to an aromatic ring is 1. The summed E-state index contributed by atoms with van der Waals surface area (Å²) >= 11 is 0. The highest BCUT2D eigenvalue weighted by atomic mass is 16.5. The predicted octanol–water partition coefficient (Wildman–Crippen LogP) is 2.20. The lowest BCUT2D eigenvalue weighted by Crippen LogP contribution is -2.27. The molecule has 0 spiro atoms. The lowest BCUT2D eigenvalue weighted by atomic mass is 10.1. The Balaban J connectivity index is 2.10. The van der Waals surface area contributed by atoms with Crippen LogP contribution in [0.2, 0.25) is 0 Å². The molecule has 1 saturated heterocycles. The maximum Gasteiger partial charge on any atom is 0.127 e. The van der Waals surface area contributed by atoms with Gasteiger partial charge in [0.05, 0.1) is 0 Å². The summed E-state index contributed by atoms with van der Waals surface area (Å²) in [5.74, 6) is 0. The molecule has 86 valence electrons. The summed E-state index contributed by atoms with van der Waals surface area (Å²) in [6.45, 7) is 0.812. The normalized spacial score (nSPS) is 20.4. The molecule has 1 aromatic rings. The minimum atomic E-state index is 0.0658. The number of ether oxygens (including phenoxy) is 1. The molecule has 2 rings (SSSR count). The van der Waals surface area contributed by atoms with Crippen molar-refractivity contribution < 1.29 is 4.74 Å². The van der Waals surface area contributed by atoms with Crippen molar-refractivity contribution in [2.75, 3.05) is 17.7 Å². The van der Waals surface area contributed by atoms with Crippen molar-refractivity contribution in [1.82, 2.24) is 0 Å². The number of benzene rings is 1. The molecule has 0 aromatic heterocycles. The smallest absolute Gasteiger partial charge is 0.127 e. The third-order valence-corrected chi connectivity index (χ3v) is 2.73. The lowest BCUT2D eigenvalue weighted by molar-refractivity contribution is 0.0343. The summed E-state index contributed by atoms with van der Waals surface area (Å²) in [4.78, 5) is 0. The van der Waals surface area contributed by atoms with Crippen LogP contribution in [0.4, 0.5) is 11.4 Å². The molecular weight excluding hydrogens is 202 g/mol. The van der Waals surface area contributed by atoms with Gasteiger partial charge in [-0.2, -0.15) is 0 Å². The highest BCUT2D eigenvalue weighted by Crippen LogP contribution is 2.21. The fourth-order valence-electron chi connectivity index (χ4n) is 1.86. The zero-order valence-electron chi connectivity index (χ0n) is 9.20. The van der Waals surface area contributed by atoms with Crippen molar-refractivity contribution in [2.45, 2.75) is 25.5 Å². The van der Waals surface area contributed by atoms with Crippen LogP contribution in [0.1, 0.15) is 24.8 Å². The first kappa shape index (κ1) is 11.0. The molecule has 1 unspecified atom stereocenters. The van der Waals surface area contributed by atoms with E-state index in [0.29, 0.717) is 5.69 Å². The average molecular weight is 219 g/mol. The Bertz CT molecular complexity index is 373.